The molecule has 0 atom stereocenters. The highest BCUT2D eigenvalue weighted by atomic mass is 16.5. The molecule has 0 radical (unpaired) electrons. The van der Waals surface area contributed by atoms with E-state index in [9.17, 15) is 0 Å². The van der Waals surface area contributed by atoms with Gasteiger partial charge in [-0.15, -0.1) is 0 Å². The Morgan fingerprint density at radius 3 is 3.29 bits per heavy atom. The Balaban J connectivity index is 2.00. The van der Waals surface area contributed by atoms with Gasteiger partial charge >= 0.3 is 0 Å². The number of methoxy groups -OCH3 is 1. The molecule has 0 unspecified atom stereocenters. The fourth-order valence-corrected chi connectivity index (χ4v) is 2.01. The molecule has 17 heavy (non-hydrogen) atoms. The molecule has 0 aliphatic carbocycles. The van der Waals surface area contributed by atoms with Gasteiger partial charge in [-0.2, -0.15) is 5.10 Å². The Morgan fingerprint density at radius 2 is 2.41 bits per heavy atom. The number of nitrogens with zero attached hydrogens (tertiary/aromatic N) is 2. The molecule has 0 saturated heterocycles. The minimum atomic E-state index is 0.433. The van der Waals surface area contributed by atoms with E-state index in [2.05, 4.69) is 21.2 Å². The number of benzene rings is 1. The molecule has 1 aliphatic heterocycles. The summed E-state index contributed by atoms with van der Waals surface area (Å²) in [5, 5.41) is 7.04. The minimum absolute atomic E-state index is 0.433. The number of aromatic nitrogens is 3. The molecule has 0 fully saturated rings. The van der Waals surface area contributed by atoms with E-state index in [4.69, 9.17) is 9.47 Å². The average molecular weight is 231 g/mol. The average Bonchev–Trinajstić information content (AvgIpc) is 2.96. The van der Waals surface area contributed by atoms with Gasteiger partial charge in [0.25, 0.3) is 0 Å². The van der Waals surface area contributed by atoms with E-state index in [1.54, 1.807) is 7.11 Å². The van der Waals surface area contributed by atoms with Crippen molar-refractivity contribution in [1.29, 1.82) is 0 Å². The minimum Gasteiger partial charge on any atom is -0.492 e. The van der Waals surface area contributed by atoms with Gasteiger partial charge in [-0.05, 0) is 11.6 Å². The van der Waals surface area contributed by atoms with Crippen molar-refractivity contribution in [2.75, 3.05) is 13.7 Å². The molecule has 5 nitrogen and oxygen atoms in total. The van der Waals surface area contributed by atoms with Gasteiger partial charge in [-0.3, -0.25) is 5.10 Å². The third kappa shape index (κ3) is 1.78. The van der Waals surface area contributed by atoms with Crippen LogP contribution in [0.5, 0.6) is 5.75 Å². The zero-order valence-corrected chi connectivity index (χ0v) is 9.56. The molecule has 0 saturated carbocycles. The first-order valence-corrected chi connectivity index (χ1v) is 5.54. The number of rotatable bonds is 3. The van der Waals surface area contributed by atoms with E-state index < -0.39 is 0 Å². The summed E-state index contributed by atoms with van der Waals surface area (Å²) in [6.07, 6.45) is 0.957. The van der Waals surface area contributed by atoms with Crippen molar-refractivity contribution in [3.63, 3.8) is 0 Å². The van der Waals surface area contributed by atoms with Crippen molar-refractivity contribution in [1.82, 2.24) is 15.2 Å². The second-order valence-corrected chi connectivity index (χ2v) is 3.93. The van der Waals surface area contributed by atoms with Gasteiger partial charge in [0.15, 0.2) is 11.6 Å². The van der Waals surface area contributed by atoms with Crippen LogP contribution in [-0.2, 0) is 17.8 Å². The fourth-order valence-electron chi connectivity index (χ4n) is 2.01. The molecule has 0 amide bonds. The third-order valence-corrected chi connectivity index (χ3v) is 2.77. The van der Waals surface area contributed by atoms with Gasteiger partial charge in [0.2, 0.25) is 0 Å². The lowest BCUT2D eigenvalue weighted by molar-refractivity contribution is 0.178. The Morgan fingerprint density at radius 1 is 1.47 bits per heavy atom. The summed E-state index contributed by atoms with van der Waals surface area (Å²) in [5.41, 5.74) is 2.17. The van der Waals surface area contributed by atoms with Crippen LogP contribution < -0.4 is 4.74 Å². The maximum absolute atomic E-state index is 5.63. The summed E-state index contributed by atoms with van der Waals surface area (Å²) in [6, 6.07) is 6.06. The SMILES string of the molecule is COCc1nc(-c2cccc3c2OCC3)n[nH]1. The van der Waals surface area contributed by atoms with Crippen molar-refractivity contribution in [3.05, 3.63) is 29.6 Å². The summed E-state index contributed by atoms with van der Waals surface area (Å²) in [6.45, 7) is 1.17. The van der Waals surface area contributed by atoms with Crippen molar-refractivity contribution < 1.29 is 9.47 Å². The van der Waals surface area contributed by atoms with Gasteiger partial charge in [0, 0.05) is 13.5 Å². The Labute approximate surface area is 98.8 Å². The molecule has 3 rings (SSSR count). The van der Waals surface area contributed by atoms with E-state index in [1.807, 2.05) is 12.1 Å². The zero-order valence-electron chi connectivity index (χ0n) is 9.56. The van der Waals surface area contributed by atoms with Crippen LogP contribution in [0.25, 0.3) is 11.4 Å². The lowest BCUT2D eigenvalue weighted by Crippen LogP contribution is -1.91. The maximum atomic E-state index is 5.63. The number of ether oxygens (including phenoxy) is 2. The number of para-hydroxylation sites is 1. The normalized spacial score (nSPS) is 13.5. The van der Waals surface area contributed by atoms with Gasteiger partial charge in [0.05, 0.1) is 12.2 Å². The number of hydrogen-bond acceptors (Lipinski definition) is 4. The highest BCUT2D eigenvalue weighted by molar-refractivity contribution is 5.67. The molecule has 0 spiro atoms. The van der Waals surface area contributed by atoms with Crippen molar-refractivity contribution in [3.8, 4) is 17.1 Å². The molecule has 5 heteroatoms. The zero-order chi connectivity index (χ0) is 11.7. The summed E-state index contributed by atoms with van der Waals surface area (Å²) in [4.78, 5) is 4.38. The molecule has 1 N–H and O–H groups in total. The van der Waals surface area contributed by atoms with Crippen molar-refractivity contribution in [2.24, 2.45) is 0 Å². The topological polar surface area (TPSA) is 60.0 Å². The second kappa shape index (κ2) is 4.18. The number of hydrogen-bond donors (Lipinski definition) is 1. The predicted molar refractivity (Wildman–Crippen MR) is 61.7 cm³/mol. The van der Waals surface area contributed by atoms with Crippen LogP contribution in [-0.4, -0.2) is 28.9 Å². The maximum Gasteiger partial charge on any atom is 0.184 e. The van der Waals surface area contributed by atoms with Gasteiger partial charge in [0.1, 0.15) is 12.4 Å². The standard InChI is InChI=1S/C12H13N3O2/c1-16-7-10-13-12(15-14-10)9-4-2-3-8-5-6-17-11(8)9/h2-4H,5-7H2,1H3,(H,13,14,15). The monoisotopic (exact) mass is 231 g/mol. The van der Waals surface area contributed by atoms with Crippen LogP contribution in [0.3, 0.4) is 0 Å². The molecule has 1 aromatic carbocycles. The smallest absolute Gasteiger partial charge is 0.184 e. The van der Waals surface area contributed by atoms with Crippen molar-refractivity contribution >= 4 is 0 Å². The van der Waals surface area contributed by atoms with E-state index in [1.165, 1.54) is 5.56 Å². The quantitative estimate of drug-likeness (QED) is 0.870. The van der Waals surface area contributed by atoms with Crippen LogP contribution in [0.2, 0.25) is 0 Å². The lowest BCUT2D eigenvalue weighted by atomic mass is 10.1. The van der Waals surface area contributed by atoms with E-state index in [0.717, 1.165) is 30.2 Å². The highest BCUT2D eigenvalue weighted by Gasteiger charge is 2.19. The molecule has 0 bridgehead atoms. The summed E-state index contributed by atoms with van der Waals surface area (Å²) in [5.74, 6) is 2.30. The Bertz CT molecular complexity index is 536. The molecular weight excluding hydrogens is 218 g/mol. The third-order valence-electron chi connectivity index (χ3n) is 2.77. The summed E-state index contributed by atoms with van der Waals surface area (Å²) >= 11 is 0. The first kappa shape index (κ1) is 10.3. The summed E-state index contributed by atoms with van der Waals surface area (Å²) in [7, 11) is 1.63. The van der Waals surface area contributed by atoms with Crippen LogP contribution >= 0.6 is 0 Å². The molecule has 2 aromatic rings. The van der Waals surface area contributed by atoms with E-state index in [-0.39, 0.29) is 0 Å². The molecule has 1 aromatic heterocycles. The molecule has 2 heterocycles. The van der Waals surface area contributed by atoms with E-state index in [0.29, 0.717) is 12.4 Å². The molecular formula is C12H13N3O2. The van der Waals surface area contributed by atoms with Crippen molar-refractivity contribution in [2.45, 2.75) is 13.0 Å². The van der Waals surface area contributed by atoms with E-state index >= 15 is 0 Å². The largest absolute Gasteiger partial charge is 0.492 e. The first-order valence-electron chi connectivity index (χ1n) is 5.54. The Kier molecular flexibility index (Phi) is 2.53. The van der Waals surface area contributed by atoms with Gasteiger partial charge in [-0.1, -0.05) is 12.1 Å². The van der Waals surface area contributed by atoms with Crippen LogP contribution in [0.4, 0.5) is 0 Å². The highest BCUT2D eigenvalue weighted by Crippen LogP contribution is 2.34. The first-order chi connectivity index (χ1) is 8.38. The number of aromatic amines is 1. The lowest BCUT2D eigenvalue weighted by Gasteiger charge is -2.03. The number of fused-ring (bicyclic) bond motifs is 1. The van der Waals surface area contributed by atoms with Crippen LogP contribution in [0, 0.1) is 0 Å². The second-order valence-electron chi connectivity index (χ2n) is 3.93. The number of H-pyrrole nitrogens is 1. The van der Waals surface area contributed by atoms with Crippen LogP contribution in [0.1, 0.15) is 11.4 Å². The van der Waals surface area contributed by atoms with Gasteiger partial charge < -0.3 is 9.47 Å². The number of nitrogens with one attached hydrogen (secondary N) is 1. The van der Waals surface area contributed by atoms with Crippen LogP contribution in [0.15, 0.2) is 18.2 Å². The van der Waals surface area contributed by atoms with Gasteiger partial charge in [-0.25, -0.2) is 4.98 Å². The predicted octanol–water partition coefficient (Wildman–Crippen LogP) is 1.55. The summed E-state index contributed by atoms with van der Waals surface area (Å²) < 4.78 is 10.6. The molecule has 88 valence electrons. The Hall–Kier alpha value is -1.88. The fraction of sp³-hybridized carbons (Fsp3) is 0.333. The molecule has 1 aliphatic rings.